The van der Waals surface area contributed by atoms with Gasteiger partial charge in [-0.3, -0.25) is 4.79 Å². The maximum absolute atomic E-state index is 11.8. The summed E-state index contributed by atoms with van der Waals surface area (Å²) in [5.74, 6) is -2.46. The minimum absolute atomic E-state index is 0.243. The fourth-order valence-corrected chi connectivity index (χ4v) is 2.39. The summed E-state index contributed by atoms with van der Waals surface area (Å²) < 4.78 is 5.07. The van der Waals surface area contributed by atoms with Crippen molar-refractivity contribution >= 4 is 11.9 Å². The minimum Gasteiger partial charge on any atom is -0.550 e. The normalized spacial score (nSPS) is 12.7. The summed E-state index contributed by atoms with van der Waals surface area (Å²) in [5.41, 5.74) is 0. The van der Waals surface area contributed by atoms with Crippen molar-refractivity contribution in [3.8, 4) is 0 Å². The second-order valence-corrected chi connectivity index (χ2v) is 6.36. The van der Waals surface area contributed by atoms with Crippen LogP contribution in [0.1, 0.15) is 85.0 Å². The second-order valence-electron chi connectivity index (χ2n) is 6.36. The van der Waals surface area contributed by atoms with Crippen LogP contribution in [0.4, 0.5) is 0 Å². The molecule has 23 heavy (non-hydrogen) atoms. The Balaban J connectivity index is 3.92. The summed E-state index contributed by atoms with van der Waals surface area (Å²) in [4.78, 5) is 22.5. The van der Waals surface area contributed by atoms with Crippen molar-refractivity contribution in [2.45, 2.75) is 91.1 Å². The number of carbonyl (C=O) groups is 2. The first-order chi connectivity index (χ1) is 11.0. The summed E-state index contributed by atoms with van der Waals surface area (Å²) in [6, 6.07) is 0. The average molecular weight is 325 g/mol. The van der Waals surface area contributed by atoms with Crippen molar-refractivity contribution in [3.63, 3.8) is 0 Å². The number of esters is 1. The van der Waals surface area contributed by atoms with Gasteiger partial charge in [0.2, 0.25) is 0 Å². The van der Waals surface area contributed by atoms with E-state index in [0.717, 1.165) is 12.8 Å². The molecule has 0 saturated carbocycles. The van der Waals surface area contributed by atoms with Crippen LogP contribution in [0.5, 0.6) is 0 Å². The molecule has 0 rings (SSSR count). The maximum atomic E-state index is 11.8. The van der Waals surface area contributed by atoms with Crippen LogP contribution < -0.4 is 5.11 Å². The molecule has 0 heterocycles. The van der Waals surface area contributed by atoms with Crippen molar-refractivity contribution in [2.75, 3.05) is 0 Å². The lowest BCUT2D eigenvalue weighted by Crippen LogP contribution is -2.29. The van der Waals surface area contributed by atoms with Crippen LogP contribution in [0.2, 0.25) is 0 Å². The molecule has 0 fully saturated rings. The van der Waals surface area contributed by atoms with Gasteiger partial charge in [-0.05, 0) is 26.7 Å². The molecular weight excluding hydrogens is 292 g/mol. The Kier molecular flexibility index (Phi) is 13.5. The number of carboxylic acid groups (broad SMARTS) is 1. The van der Waals surface area contributed by atoms with Gasteiger partial charge in [0.1, 0.15) is 0 Å². The van der Waals surface area contributed by atoms with Crippen LogP contribution in [-0.4, -0.2) is 18.0 Å². The first-order valence-corrected chi connectivity index (χ1v) is 9.04. The molecule has 0 spiro atoms. The standard InChI is InChI=1S/C19H34O4/c1-4-5-6-7-8-9-10-11-12-13-14-17(15-18(20)21)19(22)23-16(2)3/h13-14,16-17H,4-12,15H2,1-3H3,(H,20,21)/p-1. The van der Waals surface area contributed by atoms with Gasteiger partial charge >= 0.3 is 5.97 Å². The van der Waals surface area contributed by atoms with Gasteiger partial charge in [0, 0.05) is 12.4 Å². The highest BCUT2D eigenvalue weighted by Gasteiger charge is 2.18. The molecule has 0 aromatic carbocycles. The Morgan fingerprint density at radius 2 is 1.57 bits per heavy atom. The SMILES string of the molecule is CCCCCCCCCCC=CC(CC(=O)[O-])C(=O)OC(C)C. The molecule has 0 radical (unpaired) electrons. The van der Waals surface area contributed by atoms with Gasteiger partial charge in [-0.15, -0.1) is 0 Å². The van der Waals surface area contributed by atoms with E-state index in [4.69, 9.17) is 4.74 Å². The van der Waals surface area contributed by atoms with Crippen LogP contribution >= 0.6 is 0 Å². The van der Waals surface area contributed by atoms with Crippen molar-refractivity contribution in [1.82, 2.24) is 0 Å². The first-order valence-electron chi connectivity index (χ1n) is 9.04. The summed E-state index contributed by atoms with van der Waals surface area (Å²) in [6.07, 6.45) is 13.9. The molecule has 1 atom stereocenters. The number of hydrogen-bond donors (Lipinski definition) is 0. The van der Waals surface area contributed by atoms with Crippen molar-refractivity contribution in [3.05, 3.63) is 12.2 Å². The van der Waals surface area contributed by atoms with E-state index in [1.54, 1.807) is 19.9 Å². The molecule has 134 valence electrons. The number of unbranched alkanes of at least 4 members (excludes halogenated alkanes) is 8. The molecule has 0 saturated heterocycles. The Labute approximate surface area is 141 Å². The summed E-state index contributed by atoms with van der Waals surface area (Å²) >= 11 is 0. The molecule has 0 aromatic rings. The third kappa shape index (κ3) is 14.0. The van der Waals surface area contributed by atoms with Gasteiger partial charge in [0.15, 0.2) is 0 Å². The van der Waals surface area contributed by atoms with Gasteiger partial charge < -0.3 is 14.6 Å². The number of carboxylic acids is 1. The first kappa shape index (κ1) is 21.7. The number of carbonyl (C=O) groups excluding carboxylic acids is 2. The lowest BCUT2D eigenvalue weighted by atomic mass is 10.0. The quantitative estimate of drug-likeness (QED) is 0.277. The van der Waals surface area contributed by atoms with Gasteiger partial charge in [-0.25, -0.2) is 0 Å². The molecular formula is C19H33O4-. The summed E-state index contributed by atoms with van der Waals surface area (Å²) in [5, 5.41) is 10.7. The Hall–Kier alpha value is -1.32. The molecule has 0 N–H and O–H groups in total. The molecule has 4 nitrogen and oxygen atoms in total. The number of ether oxygens (including phenoxy) is 1. The minimum atomic E-state index is -1.23. The fraction of sp³-hybridized carbons (Fsp3) is 0.789. The molecule has 0 amide bonds. The predicted molar refractivity (Wildman–Crippen MR) is 90.7 cm³/mol. The average Bonchev–Trinajstić information content (AvgIpc) is 2.46. The lowest BCUT2D eigenvalue weighted by Gasteiger charge is -2.15. The van der Waals surface area contributed by atoms with E-state index in [1.165, 1.54) is 44.9 Å². The molecule has 0 aliphatic rings. The van der Waals surface area contributed by atoms with E-state index >= 15 is 0 Å². The smallest absolute Gasteiger partial charge is 0.313 e. The molecule has 1 unspecified atom stereocenters. The van der Waals surface area contributed by atoms with E-state index in [9.17, 15) is 14.7 Å². The zero-order valence-electron chi connectivity index (χ0n) is 15.0. The van der Waals surface area contributed by atoms with Crippen LogP contribution in [-0.2, 0) is 14.3 Å². The van der Waals surface area contributed by atoms with E-state index in [1.807, 2.05) is 6.08 Å². The molecule has 4 heteroatoms. The van der Waals surface area contributed by atoms with E-state index in [0.29, 0.717) is 0 Å². The number of aliphatic carboxylic acids is 1. The monoisotopic (exact) mass is 325 g/mol. The van der Waals surface area contributed by atoms with E-state index in [-0.39, 0.29) is 12.5 Å². The van der Waals surface area contributed by atoms with Crippen LogP contribution in [0.15, 0.2) is 12.2 Å². The van der Waals surface area contributed by atoms with Crippen molar-refractivity contribution in [2.24, 2.45) is 5.92 Å². The highest BCUT2D eigenvalue weighted by molar-refractivity contribution is 5.80. The Bertz CT molecular complexity index is 347. The molecule has 0 aliphatic heterocycles. The topological polar surface area (TPSA) is 66.4 Å². The largest absolute Gasteiger partial charge is 0.550 e. The maximum Gasteiger partial charge on any atom is 0.313 e. The Morgan fingerprint density at radius 3 is 2.09 bits per heavy atom. The predicted octanol–water partition coefficient (Wildman–Crippen LogP) is 3.78. The van der Waals surface area contributed by atoms with Gasteiger partial charge in [0.05, 0.1) is 12.0 Å². The number of allylic oxidation sites excluding steroid dienone is 1. The molecule has 0 aliphatic carbocycles. The van der Waals surface area contributed by atoms with Gasteiger partial charge in [0.25, 0.3) is 0 Å². The zero-order chi connectivity index (χ0) is 17.5. The number of rotatable bonds is 14. The highest BCUT2D eigenvalue weighted by Crippen LogP contribution is 2.12. The third-order valence-corrected chi connectivity index (χ3v) is 3.63. The van der Waals surface area contributed by atoms with Gasteiger partial charge in [-0.2, -0.15) is 0 Å². The summed E-state index contributed by atoms with van der Waals surface area (Å²) in [7, 11) is 0. The fourth-order valence-electron chi connectivity index (χ4n) is 2.39. The van der Waals surface area contributed by atoms with Crippen molar-refractivity contribution < 1.29 is 19.4 Å². The van der Waals surface area contributed by atoms with E-state index in [2.05, 4.69) is 6.92 Å². The van der Waals surface area contributed by atoms with E-state index < -0.39 is 17.9 Å². The molecule has 0 aromatic heterocycles. The van der Waals surface area contributed by atoms with Crippen LogP contribution in [0.3, 0.4) is 0 Å². The summed E-state index contributed by atoms with van der Waals surface area (Å²) in [6.45, 7) is 5.72. The zero-order valence-corrected chi connectivity index (χ0v) is 15.0. The second kappa shape index (κ2) is 14.3. The van der Waals surface area contributed by atoms with Gasteiger partial charge in [-0.1, -0.05) is 64.0 Å². The third-order valence-electron chi connectivity index (χ3n) is 3.63. The molecule has 0 bridgehead atoms. The number of hydrogen-bond acceptors (Lipinski definition) is 4. The highest BCUT2D eigenvalue weighted by atomic mass is 16.5. The van der Waals surface area contributed by atoms with Crippen LogP contribution in [0.25, 0.3) is 0 Å². The van der Waals surface area contributed by atoms with Crippen LogP contribution in [0, 0.1) is 5.92 Å². The lowest BCUT2D eigenvalue weighted by molar-refractivity contribution is -0.306. The Morgan fingerprint density at radius 1 is 1.00 bits per heavy atom. The van der Waals surface area contributed by atoms with Crippen molar-refractivity contribution in [1.29, 1.82) is 0 Å².